The van der Waals surface area contributed by atoms with Gasteiger partial charge in [0.2, 0.25) is 11.8 Å². The van der Waals surface area contributed by atoms with E-state index in [-0.39, 0.29) is 12.6 Å². The third-order valence-electron chi connectivity index (χ3n) is 5.48. The molecule has 5 heteroatoms. The van der Waals surface area contributed by atoms with Gasteiger partial charge >= 0.3 is 0 Å². The van der Waals surface area contributed by atoms with Gasteiger partial charge in [0.05, 0.1) is 6.04 Å². The average Bonchev–Trinajstić information content (AvgIpc) is 3.05. The smallest absolute Gasteiger partial charge is 0.247 e. The van der Waals surface area contributed by atoms with E-state index in [9.17, 15) is 5.11 Å². The van der Waals surface area contributed by atoms with Gasteiger partial charge in [-0.3, -0.25) is 4.90 Å². The number of hydrogen-bond donors (Lipinski definition) is 1. The Bertz CT molecular complexity index is 876. The van der Waals surface area contributed by atoms with Crippen LogP contribution in [0.1, 0.15) is 38.1 Å². The lowest BCUT2D eigenvalue weighted by atomic mass is 10.0. The first-order valence-corrected chi connectivity index (χ1v) is 9.42. The summed E-state index contributed by atoms with van der Waals surface area (Å²) in [4.78, 5) is 2.38. The van der Waals surface area contributed by atoms with Crippen LogP contribution in [-0.4, -0.2) is 39.9 Å². The molecule has 1 aliphatic rings. The first-order valence-electron chi connectivity index (χ1n) is 9.42. The summed E-state index contributed by atoms with van der Waals surface area (Å²) < 4.78 is 6.01. The van der Waals surface area contributed by atoms with E-state index in [2.05, 4.69) is 46.3 Å². The minimum absolute atomic E-state index is 0.0918. The number of benzene rings is 2. The Labute approximate surface area is 153 Å². The molecule has 5 nitrogen and oxygen atoms in total. The predicted octanol–water partition coefficient (Wildman–Crippen LogP) is 4.05. The van der Waals surface area contributed by atoms with Gasteiger partial charge in [-0.15, -0.1) is 10.2 Å². The number of hydrogen-bond acceptors (Lipinski definition) is 5. The van der Waals surface area contributed by atoms with E-state index in [1.807, 2.05) is 18.2 Å². The van der Waals surface area contributed by atoms with Crippen molar-refractivity contribution in [3.05, 3.63) is 48.4 Å². The second-order valence-corrected chi connectivity index (χ2v) is 7.20. The van der Waals surface area contributed by atoms with Gasteiger partial charge in [-0.2, -0.15) is 0 Å². The lowest BCUT2D eigenvalue weighted by molar-refractivity contribution is 0.178. The largest absolute Gasteiger partial charge is 0.419 e. The maximum atomic E-state index is 9.40. The van der Waals surface area contributed by atoms with E-state index in [1.165, 1.54) is 10.8 Å². The van der Waals surface area contributed by atoms with E-state index >= 15 is 0 Å². The van der Waals surface area contributed by atoms with Crippen molar-refractivity contribution in [1.82, 2.24) is 15.1 Å². The Kier molecular flexibility index (Phi) is 5.00. The van der Waals surface area contributed by atoms with Crippen molar-refractivity contribution in [2.75, 3.05) is 19.7 Å². The van der Waals surface area contributed by atoms with Crippen LogP contribution in [0.25, 0.3) is 22.2 Å². The molecule has 0 bridgehead atoms. The highest BCUT2D eigenvalue weighted by atomic mass is 16.4. The van der Waals surface area contributed by atoms with E-state index in [1.54, 1.807) is 0 Å². The second kappa shape index (κ2) is 7.56. The van der Waals surface area contributed by atoms with Crippen LogP contribution >= 0.6 is 0 Å². The van der Waals surface area contributed by atoms with Crippen LogP contribution < -0.4 is 0 Å². The SMILES string of the molecule is CC(c1nnc(-c2ccc3ccccc3c2)o1)N1CCCC(CO)CC1. The van der Waals surface area contributed by atoms with Gasteiger partial charge in [0.1, 0.15) is 0 Å². The molecule has 1 N–H and O–H groups in total. The van der Waals surface area contributed by atoms with Crippen LogP contribution in [0, 0.1) is 5.92 Å². The fourth-order valence-electron chi connectivity index (χ4n) is 3.76. The molecule has 0 spiro atoms. The highest BCUT2D eigenvalue weighted by Gasteiger charge is 2.25. The van der Waals surface area contributed by atoms with Crippen molar-refractivity contribution in [1.29, 1.82) is 0 Å². The molecule has 0 saturated carbocycles. The monoisotopic (exact) mass is 351 g/mol. The Morgan fingerprint density at radius 1 is 1.12 bits per heavy atom. The maximum absolute atomic E-state index is 9.40. The quantitative estimate of drug-likeness (QED) is 0.768. The minimum atomic E-state index is 0.0918. The molecule has 3 aromatic rings. The third-order valence-corrected chi connectivity index (χ3v) is 5.48. The summed E-state index contributed by atoms with van der Waals surface area (Å²) in [5.41, 5.74) is 0.950. The van der Waals surface area contributed by atoms with Crippen LogP contribution in [-0.2, 0) is 0 Å². The molecule has 4 rings (SSSR count). The first kappa shape index (κ1) is 17.2. The second-order valence-electron chi connectivity index (χ2n) is 7.20. The van der Waals surface area contributed by atoms with Gasteiger partial charge in [0.25, 0.3) is 0 Å². The number of aliphatic hydroxyl groups excluding tert-OH is 1. The third kappa shape index (κ3) is 3.50. The molecular formula is C21H25N3O2. The number of aliphatic hydroxyl groups is 1. The summed E-state index contributed by atoms with van der Waals surface area (Å²) in [7, 11) is 0. The van der Waals surface area contributed by atoms with E-state index in [4.69, 9.17) is 4.42 Å². The van der Waals surface area contributed by atoms with Gasteiger partial charge in [0, 0.05) is 12.2 Å². The van der Waals surface area contributed by atoms with Crippen molar-refractivity contribution in [3.63, 3.8) is 0 Å². The molecule has 2 atom stereocenters. The van der Waals surface area contributed by atoms with Gasteiger partial charge in [-0.05, 0) is 68.1 Å². The number of nitrogens with zero attached hydrogens (tertiary/aromatic N) is 3. The van der Waals surface area contributed by atoms with Crippen LogP contribution in [0.3, 0.4) is 0 Å². The zero-order chi connectivity index (χ0) is 17.9. The lowest BCUT2D eigenvalue weighted by Crippen LogP contribution is -2.28. The van der Waals surface area contributed by atoms with Crippen LogP contribution in [0.5, 0.6) is 0 Å². The van der Waals surface area contributed by atoms with Crippen LogP contribution in [0.15, 0.2) is 46.9 Å². The zero-order valence-corrected chi connectivity index (χ0v) is 15.1. The summed E-state index contributed by atoms with van der Waals surface area (Å²) >= 11 is 0. The summed E-state index contributed by atoms with van der Waals surface area (Å²) in [6, 6.07) is 14.6. The molecule has 0 radical (unpaired) electrons. The highest BCUT2D eigenvalue weighted by Crippen LogP contribution is 2.28. The molecule has 2 unspecified atom stereocenters. The molecule has 2 heterocycles. The summed E-state index contributed by atoms with van der Waals surface area (Å²) in [5, 5.41) is 20.4. The van der Waals surface area contributed by atoms with Gasteiger partial charge < -0.3 is 9.52 Å². The van der Waals surface area contributed by atoms with Gasteiger partial charge in [-0.25, -0.2) is 0 Å². The van der Waals surface area contributed by atoms with Gasteiger partial charge in [-0.1, -0.05) is 30.3 Å². The van der Waals surface area contributed by atoms with Crippen molar-refractivity contribution in [2.24, 2.45) is 5.92 Å². The number of fused-ring (bicyclic) bond motifs is 1. The molecule has 1 aliphatic heterocycles. The topological polar surface area (TPSA) is 62.4 Å². The van der Waals surface area contributed by atoms with E-state index in [0.29, 0.717) is 17.7 Å². The fraction of sp³-hybridized carbons (Fsp3) is 0.429. The molecule has 1 fully saturated rings. The summed E-state index contributed by atoms with van der Waals surface area (Å²) in [6.07, 6.45) is 3.21. The predicted molar refractivity (Wildman–Crippen MR) is 102 cm³/mol. The average molecular weight is 351 g/mol. The van der Waals surface area contributed by atoms with Crippen LogP contribution in [0.2, 0.25) is 0 Å². The zero-order valence-electron chi connectivity index (χ0n) is 15.1. The highest BCUT2D eigenvalue weighted by molar-refractivity contribution is 5.86. The van der Waals surface area contributed by atoms with Crippen LogP contribution in [0.4, 0.5) is 0 Å². The summed E-state index contributed by atoms with van der Waals surface area (Å²) in [5.74, 6) is 1.65. The standard InChI is InChI=1S/C21H25N3O2/c1-15(24-11-4-5-16(14-25)10-12-24)20-22-23-21(26-20)19-9-8-17-6-2-3-7-18(17)13-19/h2-3,6-9,13,15-16,25H,4-5,10-12,14H2,1H3. The normalized spacial score (nSPS) is 20.2. The maximum Gasteiger partial charge on any atom is 0.247 e. The van der Waals surface area contributed by atoms with E-state index in [0.717, 1.165) is 37.9 Å². The fourth-order valence-corrected chi connectivity index (χ4v) is 3.76. The molecule has 0 amide bonds. The van der Waals surface area contributed by atoms with Crippen molar-refractivity contribution >= 4 is 10.8 Å². The minimum Gasteiger partial charge on any atom is -0.419 e. The van der Waals surface area contributed by atoms with Crippen molar-refractivity contribution in [2.45, 2.75) is 32.2 Å². The number of likely N-dealkylation sites (tertiary alicyclic amines) is 1. The van der Waals surface area contributed by atoms with Crippen molar-refractivity contribution in [3.8, 4) is 11.5 Å². The van der Waals surface area contributed by atoms with E-state index < -0.39 is 0 Å². The Hall–Kier alpha value is -2.24. The molecule has 1 saturated heterocycles. The Morgan fingerprint density at radius 3 is 2.81 bits per heavy atom. The first-order chi connectivity index (χ1) is 12.7. The molecule has 136 valence electrons. The molecule has 26 heavy (non-hydrogen) atoms. The lowest BCUT2D eigenvalue weighted by Gasteiger charge is -2.24. The molecule has 2 aromatic carbocycles. The van der Waals surface area contributed by atoms with Crippen molar-refractivity contribution < 1.29 is 9.52 Å². The molecule has 0 aliphatic carbocycles. The summed E-state index contributed by atoms with van der Waals surface area (Å²) in [6.45, 7) is 4.37. The number of aromatic nitrogens is 2. The molecular weight excluding hydrogens is 326 g/mol. The van der Waals surface area contributed by atoms with Gasteiger partial charge in [0.15, 0.2) is 0 Å². The Morgan fingerprint density at radius 2 is 1.96 bits per heavy atom. The molecule has 1 aromatic heterocycles. The Balaban J connectivity index is 1.53. The number of rotatable bonds is 4.